The number of aliphatic hydroxyl groups excluding tert-OH is 1. The second-order valence-corrected chi connectivity index (χ2v) is 11.3. The lowest BCUT2D eigenvalue weighted by Crippen LogP contribution is -2.68. The molecule has 9 nitrogen and oxygen atoms in total. The SMILES string of the molecule is C[C@@H](O)[C@@]1(C)C(=O)N2C(C(=O)O)=C(CN3c4cccc5ccc(CN)c(c45)S3(=O)=O)S[C@@H]21. The Kier molecular flexibility index (Phi) is 4.45. The fourth-order valence-corrected chi connectivity index (χ4v) is 8.28. The van der Waals surface area contributed by atoms with Crippen LogP contribution in [0.25, 0.3) is 10.8 Å². The first kappa shape index (κ1) is 21.3. The first-order valence-electron chi connectivity index (χ1n) is 9.97. The molecule has 0 bridgehead atoms. The highest BCUT2D eigenvalue weighted by atomic mass is 32.2. The fraction of sp³-hybridized carbons (Fsp3) is 0.333. The standard InChI is InChI=1S/C21H21N3O6S2/c1-10(25)21(2)19(28)24-16(18(26)27)14(31-20(21)24)9-23-13-5-3-4-11-6-7-12(8-22)17(15(11)13)32(23,29)30/h3-7,10,20,25H,8-9,22H2,1-2H3,(H,26,27)/t10-,20-,21+/m1/s1. The van der Waals surface area contributed by atoms with Crippen molar-refractivity contribution < 1.29 is 28.2 Å². The molecule has 2 aromatic carbocycles. The third-order valence-corrected chi connectivity index (χ3v) is 10.1. The lowest BCUT2D eigenvalue weighted by atomic mass is 9.75. The van der Waals surface area contributed by atoms with Crippen molar-refractivity contribution in [3.63, 3.8) is 0 Å². The Morgan fingerprint density at radius 3 is 2.66 bits per heavy atom. The van der Waals surface area contributed by atoms with E-state index < -0.39 is 38.8 Å². The molecule has 0 unspecified atom stereocenters. The van der Waals surface area contributed by atoms with Crippen LogP contribution in [-0.2, 0) is 26.2 Å². The number of hydrogen-bond donors (Lipinski definition) is 3. The van der Waals surface area contributed by atoms with Gasteiger partial charge in [0.1, 0.15) is 21.4 Å². The second kappa shape index (κ2) is 6.70. The number of anilines is 1. The Hall–Kier alpha value is -2.60. The van der Waals surface area contributed by atoms with Gasteiger partial charge in [0.05, 0.1) is 18.3 Å². The number of carbonyl (C=O) groups is 2. The number of carbonyl (C=O) groups excluding carboxylic acids is 1. The third-order valence-electron chi connectivity index (χ3n) is 6.64. The number of aliphatic hydroxyl groups is 1. The Morgan fingerprint density at radius 2 is 2.03 bits per heavy atom. The van der Waals surface area contributed by atoms with Crippen LogP contribution in [0.15, 0.2) is 45.8 Å². The topological polar surface area (TPSA) is 141 Å². The summed E-state index contributed by atoms with van der Waals surface area (Å²) in [6.45, 7) is 2.89. The number of β-lactam (4-membered cyclic amide) rings is 1. The second-order valence-electron chi connectivity index (χ2n) is 8.33. The van der Waals surface area contributed by atoms with Crippen molar-refractivity contribution >= 4 is 50.1 Å². The molecule has 5 rings (SSSR count). The van der Waals surface area contributed by atoms with Crippen LogP contribution in [0.3, 0.4) is 0 Å². The molecule has 4 N–H and O–H groups in total. The molecule has 0 spiro atoms. The molecule has 0 aliphatic carbocycles. The van der Waals surface area contributed by atoms with Crippen molar-refractivity contribution in [2.45, 2.75) is 36.8 Å². The number of amides is 1. The molecule has 11 heteroatoms. The van der Waals surface area contributed by atoms with Crippen LogP contribution in [0, 0.1) is 5.41 Å². The molecule has 2 aromatic rings. The van der Waals surface area contributed by atoms with Gasteiger partial charge in [0, 0.05) is 16.8 Å². The number of carboxylic acids is 1. The van der Waals surface area contributed by atoms with Crippen molar-refractivity contribution in [1.29, 1.82) is 0 Å². The zero-order valence-corrected chi connectivity index (χ0v) is 18.9. The predicted molar refractivity (Wildman–Crippen MR) is 119 cm³/mol. The highest BCUT2D eigenvalue weighted by Crippen LogP contribution is 2.57. The van der Waals surface area contributed by atoms with Gasteiger partial charge >= 0.3 is 5.97 Å². The Morgan fingerprint density at radius 1 is 1.31 bits per heavy atom. The van der Waals surface area contributed by atoms with Gasteiger partial charge in [-0.1, -0.05) is 36.0 Å². The molecule has 3 heterocycles. The van der Waals surface area contributed by atoms with E-state index in [9.17, 15) is 28.2 Å². The number of sulfonamides is 1. The average Bonchev–Trinajstić information content (AvgIpc) is 3.22. The van der Waals surface area contributed by atoms with Crippen molar-refractivity contribution in [3.8, 4) is 0 Å². The molecule has 3 aliphatic rings. The third kappa shape index (κ3) is 2.44. The highest BCUT2D eigenvalue weighted by molar-refractivity contribution is 8.04. The van der Waals surface area contributed by atoms with Crippen LogP contribution < -0.4 is 10.0 Å². The maximum Gasteiger partial charge on any atom is 0.353 e. The predicted octanol–water partition coefficient (Wildman–Crippen LogP) is 1.41. The molecule has 3 atom stereocenters. The highest BCUT2D eigenvalue weighted by Gasteiger charge is 2.66. The number of benzene rings is 2. The first-order chi connectivity index (χ1) is 15.0. The Bertz CT molecular complexity index is 1350. The van der Waals surface area contributed by atoms with E-state index in [2.05, 4.69) is 0 Å². The number of hydrogen-bond acceptors (Lipinski definition) is 7. The van der Waals surface area contributed by atoms with Crippen molar-refractivity contribution in [1.82, 2.24) is 4.90 Å². The van der Waals surface area contributed by atoms with Gasteiger partial charge in [0.15, 0.2) is 0 Å². The van der Waals surface area contributed by atoms with Gasteiger partial charge in [-0.3, -0.25) is 14.0 Å². The molecule has 1 amide bonds. The molecule has 168 valence electrons. The van der Waals surface area contributed by atoms with Gasteiger partial charge in [-0.2, -0.15) is 0 Å². The summed E-state index contributed by atoms with van der Waals surface area (Å²) in [4.78, 5) is 26.4. The van der Waals surface area contributed by atoms with Crippen LogP contribution in [0.1, 0.15) is 19.4 Å². The number of thioether (sulfide) groups is 1. The normalized spacial score (nSPS) is 26.5. The van der Waals surface area contributed by atoms with Gasteiger partial charge in [-0.05, 0) is 30.9 Å². The summed E-state index contributed by atoms with van der Waals surface area (Å²) in [6.07, 6.45) is -0.987. The number of fused-ring (bicyclic) bond motifs is 1. The van der Waals surface area contributed by atoms with Crippen molar-refractivity contribution in [2.75, 3.05) is 10.8 Å². The zero-order valence-electron chi connectivity index (χ0n) is 17.3. The Labute approximate surface area is 188 Å². The van der Waals surface area contributed by atoms with E-state index in [0.717, 1.165) is 22.0 Å². The maximum absolute atomic E-state index is 13.6. The lowest BCUT2D eigenvalue weighted by Gasteiger charge is -2.52. The summed E-state index contributed by atoms with van der Waals surface area (Å²) in [5, 5.41) is 20.7. The summed E-state index contributed by atoms with van der Waals surface area (Å²) in [7, 11) is -3.99. The molecule has 1 saturated heterocycles. The van der Waals surface area contributed by atoms with E-state index in [4.69, 9.17) is 5.73 Å². The minimum absolute atomic E-state index is 0.0433. The van der Waals surface area contributed by atoms with Gasteiger partial charge in [-0.15, -0.1) is 0 Å². The van der Waals surface area contributed by atoms with E-state index in [1.165, 1.54) is 11.2 Å². The van der Waals surface area contributed by atoms with E-state index in [1.807, 2.05) is 12.1 Å². The molecular formula is C21H21N3O6S2. The van der Waals surface area contributed by atoms with Crippen LogP contribution >= 0.6 is 11.8 Å². The summed E-state index contributed by atoms with van der Waals surface area (Å²) in [5.74, 6) is -1.80. The van der Waals surface area contributed by atoms with Gasteiger partial charge in [0.25, 0.3) is 10.0 Å². The summed E-state index contributed by atoms with van der Waals surface area (Å²) < 4.78 is 28.3. The van der Waals surface area contributed by atoms with Gasteiger partial charge < -0.3 is 15.9 Å². The number of rotatable bonds is 5. The van der Waals surface area contributed by atoms with Crippen LogP contribution in [0.5, 0.6) is 0 Å². The zero-order chi connectivity index (χ0) is 23.2. The molecule has 0 saturated carbocycles. The molecule has 0 aromatic heterocycles. The van der Waals surface area contributed by atoms with Crippen LogP contribution in [0.4, 0.5) is 5.69 Å². The minimum Gasteiger partial charge on any atom is -0.477 e. The minimum atomic E-state index is -3.99. The van der Waals surface area contributed by atoms with Crippen LogP contribution in [-0.4, -0.2) is 53.4 Å². The molecule has 3 aliphatic heterocycles. The Balaban J connectivity index is 1.62. The first-order valence-corrected chi connectivity index (χ1v) is 12.3. The van der Waals surface area contributed by atoms with E-state index in [0.29, 0.717) is 16.6 Å². The van der Waals surface area contributed by atoms with Crippen molar-refractivity contribution in [2.24, 2.45) is 11.1 Å². The number of nitrogens with two attached hydrogens (primary N) is 1. The summed E-state index contributed by atoms with van der Waals surface area (Å²) in [5.41, 5.74) is 5.36. The van der Waals surface area contributed by atoms with E-state index >= 15 is 0 Å². The smallest absolute Gasteiger partial charge is 0.353 e. The number of nitrogens with zero attached hydrogens (tertiary/aromatic N) is 2. The molecule has 32 heavy (non-hydrogen) atoms. The largest absolute Gasteiger partial charge is 0.477 e. The maximum atomic E-state index is 13.6. The van der Waals surface area contributed by atoms with Crippen molar-refractivity contribution in [3.05, 3.63) is 46.5 Å². The monoisotopic (exact) mass is 475 g/mol. The number of carboxylic acid groups (broad SMARTS) is 1. The molecule has 0 radical (unpaired) electrons. The number of aliphatic carboxylic acids is 1. The average molecular weight is 476 g/mol. The van der Waals surface area contributed by atoms with Crippen LogP contribution in [0.2, 0.25) is 0 Å². The fourth-order valence-electron chi connectivity index (χ4n) is 4.69. The lowest BCUT2D eigenvalue weighted by molar-refractivity contribution is -0.170. The quantitative estimate of drug-likeness (QED) is 0.551. The van der Waals surface area contributed by atoms with Gasteiger partial charge in [0.2, 0.25) is 5.91 Å². The van der Waals surface area contributed by atoms with Gasteiger partial charge in [-0.25, -0.2) is 13.2 Å². The summed E-state index contributed by atoms with van der Waals surface area (Å²) >= 11 is 1.11. The van der Waals surface area contributed by atoms with E-state index in [-0.39, 0.29) is 28.6 Å². The van der Waals surface area contributed by atoms with E-state index in [1.54, 1.807) is 25.1 Å². The molecular weight excluding hydrogens is 454 g/mol. The summed E-state index contributed by atoms with van der Waals surface area (Å²) in [6, 6.07) is 8.73. The molecule has 1 fully saturated rings.